The van der Waals surface area contributed by atoms with Crippen molar-refractivity contribution in [3.63, 3.8) is 0 Å². The fraction of sp³-hybridized carbons (Fsp3) is 0.158. The first kappa shape index (κ1) is 17.5. The fourth-order valence-corrected chi connectivity index (χ4v) is 2.89. The molecule has 0 spiro atoms. The third kappa shape index (κ3) is 3.50. The molecule has 9 nitrogen and oxygen atoms in total. The Morgan fingerprint density at radius 3 is 2.61 bits per heavy atom. The van der Waals surface area contributed by atoms with Gasteiger partial charge in [0.25, 0.3) is 11.5 Å². The minimum atomic E-state index is -0.360. The number of hydrogen-bond donors (Lipinski definition) is 1. The quantitative estimate of drug-likeness (QED) is 0.555. The van der Waals surface area contributed by atoms with Gasteiger partial charge >= 0.3 is 0 Å². The molecule has 4 aromatic rings. The molecule has 0 saturated heterocycles. The first-order chi connectivity index (χ1) is 13.6. The van der Waals surface area contributed by atoms with E-state index in [9.17, 15) is 9.59 Å². The lowest BCUT2D eigenvalue weighted by atomic mass is 10.1. The second kappa shape index (κ2) is 7.39. The molecule has 0 bridgehead atoms. The normalized spacial score (nSPS) is 10.9. The van der Waals surface area contributed by atoms with Crippen molar-refractivity contribution in [2.24, 2.45) is 7.05 Å². The topological polar surface area (TPSA) is 108 Å². The van der Waals surface area contributed by atoms with Crippen LogP contribution in [-0.2, 0) is 20.1 Å². The number of nitrogens with zero attached hydrogens (tertiary/aromatic N) is 6. The molecule has 140 valence electrons. The van der Waals surface area contributed by atoms with Gasteiger partial charge in [0, 0.05) is 18.6 Å². The molecule has 0 aliphatic rings. The van der Waals surface area contributed by atoms with Gasteiger partial charge in [0.05, 0.1) is 36.1 Å². The van der Waals surface area contributed by atoms with Gasteiger partial charge in [-0.2, -0.15) is 5.10 Å². The molecular formula is C19H17N7O2. The Morgan fingerprint density at radius 1 is 1.11 bits per heavy atom. The van der Waals surface area contributed by atoms with Gasteiger partial charge in [0.1, 0.15) is 0 Å². The predicted molar refractivity (Wildman–Crippen MR) is 102 cm³/mol. The van der Waals surface area contributed by atoms with Crippen molar-refractivity contribution >= 4 is 16.7 Å². The Hall–Kier alpha value is -3.88. The molecule has 0 unspecified atom stereocenters. The van der Waals surface area contributed by atoms with Crippen LogP contribution < -0.4 is 10.9 Å². The molecular weight excluding hydrogens is 358 g/mol. The highest BCUT2D eigenvalue weighted by Gasteiger charge is 2.14. The smallest absolute Gasteiger partial charge is 0.275 e. The molecule has 9 heteroatoms. The Morgan fingerprint density at radius 2 is 1.89 bits per heavy atom. The number of amides is 1. The molecule has 1 amide bonds. The third-order valence-corrected chi connectivity index (χ3v) is 4.23. The maximum Gasteiger partial charge on any atom is 0.275 e. The molecule has 1 N–H and O–H groups in total. The van der Waals surface area contributed by atoms with Crippen LogP contribution in [0, 0.1) is 0 Å². The Labute approximate surface area is 159 Å². The van der Waals surface area contributed by atoms with E-state index in [-0.39, 0.29) is 30.2 Å². The SMILES string of the molecule is Cn1cc(C(=O)NCc2nn(Cc3ccccn3)c(=O)c3ccccc23)nn1. The number of nitrogens with one attached hydrogen (secondary N) is 1. The first-order valence-corrected chi connectivity index (χ1v) is 8.65. The molecule has 4 rings (SSSR count). The van der Waals surface area contributed by atoms with E-state index in [2.05, 4.69) is 25.7 Å². The zero-order chi connectivity index (χ0) is 19.5. The maximum absolute atomic E-state index is 12.8. The number of pyridine rings is 1. The lowest BCUT2D eigenvalue weighted by molar-refractivity contribution is 0.0945. The number of carbonyl (C=O) groups is 1. The molecule has 0 atom stereocenters. The minimum Gasteiger partial charge on any atom is -0.345 e. The highest BCUT2D eigenvalue weighted by atomic mass is 16.2. The zero-order valence-electron chi connectivity index (χ0n) is 15.1. The second-order valence-electron chi connectivity index (χ2n) is 6.24. The van der Waals surface area contributed by atoms with Crippen molar-refractivity contribution in [2.45, 2.75) is 13.1 Å². The van der Waals surface area contributed by atoms with Crippen LogP contribution in [0.5, 0.6) is 0 Å². The Bertz CT molecular complexity index is 1200. The van der Waals surface area contributed by atoms with Crippen molar-refractivity contribution in [3.05, 3.63) is 82.3 Å². The molecule has 0 aliphatic carbocycles. The van der Waals surface area contributed by atoms with E-state index < -0.39 is 0 Å². The van der Waals surface area contributed by atoms with Gasteiger partial charge in [-0.05, 0) is 18.2 Å². The lowest BCUT2D eigenvalue weighted by Gasteiger charge is -2.11. The summed E-state index contributed by atoms with van der Waals surface area (Å²) in [5, 5.41) is 16.0. The fourth-order valence-electron chi connectivity index (χ4n) is 2.89. The highest BCUT2D eigenvalue weighted by molar-refractivity contribution is 5.92. The Balaban J connectivity index is 1.67. The van der Waals surface area contributed by atoms with Gasteiger partial charge in [-0.1, -0.05) is 29.5 Å². The summed E-state index contributed by atoms with van der Waals surface area (Å²) in [6.45, 7) is 0.397. The summed E-state index contributed by atoms with van der Waals surface area (Å²) in [6.07, 6.45) is 3.20. The first-order valence-electron chi connectivity index (χ1n) is 8.65. The summed E-state index contributed by atoms with van der Waals surface area (Å²) >= 11 is 0. The van der Waals surface area contributed by atoms with E-state index in [1.54, 1.807) is 25.4 Å². The number of aromatic nitrogens is 6. The summed E-state index contributed by atoms with van der Waals surface area (Å²) in [6, 6.07) is 12.7. The van der Waals surface area contributed by atoms with Gasteiger partial charge in [-0.25, -0.2) is 4.68 Å². The third-order valence-electron chi connectivity index (χ3n) is 4.23. The lowest BCUT2D eigenvalue weighted by Crippen LogP contribution is -2.29. The van der Waals surface area contributed by atoms with E-state index in [4.69, 9.17) is 0 Å². The van der Waals surface area contributed by atoms with Gasteiger partial charge in [0.2, 0.25) is 0 Å². The van der Waals surface area contributed by atoms with Crippen LogP contribution in [0.1, 0.15) is 21.9 Å². The largest absolute Gasteiger partial charge is 0.345 e. The second-order valence-corrected chi connectivity index (χ2v) is 6.24. The summed E-state index contributed by atoms with van der Waals surface area (Å²) in [5.74, 6) is -0.360. The molecule has 0 aliphatic heterocycles. The minimum absolute atomic E-state index is 0.151. The van der Waals surface area contributed by atoms with Gasteiger partial charge < -0.3 is 5.32 Å². The van der Waals surface area contributed by atoms with Crippen LogP contribution in [0.4, 0.5) is 0 Å². The van der Waals surface area contributed by atoms with Gasteiger partial charge in [-0.15, -0.1) is 5.10 Å². The number of benzene rings is 1. The van der Waals surface area contributed by atoms with Crippen LogP contribution >= 0.6 is 0 Å². The van der Waals surface area contributed by atoms with Crippen LogP contribution in [0.15, 0.2) is 59.7 Å². The average Bonchev–Trinajstić information content (AvgIpc) is 3.16. The van der Waals surface area contributed by atoms with Crippen molar-refractivity contribution in [2.75, 3.05) is 0 Å². The highest BCUT2D eigenvalue weighted by Crippen LogP contribution is 2.13. The van der Waals surface area contributed by atoms with Crippen molar-refractivity contribution < 1.29 is 4.79 Å². The zero-order valence-corrected chi connectivity index (χ0v) is 15.1. The van der Waals surface area contributed by atoms with E-state index in [1.165, 1.54) is 15.6 Å². The standard InChI is InChI=1S/C19H17N7O2/c1-25-12-17(22-24-25)18(27)21-10-16-14-7-2-3-8-15(14)19(28)26(23-16)11-13-6-4-5-9-20-13/h2-9,12H,10-11H2,1H3,(H,21,27). The van der Waals surface area contributed by atoms with Gasteiger partial charge in [0.15, 0.2) is 5.69 Å². The van der Waals surface area contributed by atoms with Crippen molar-refractivity contribution in [3.8, 4) is 0 Å². The monoisotopic (exact) mass is 375 g/mol. The van der Waals surface area contributed by atoms with E-state index in [1.807, 2.05) is 30.3 Å². The predicted octanol–water partition coefficient (Wildman–Crippen LogP) is 0.898. The van der Waals surface area contributed by atoms with E-state index in [0.717, 1.165) is 5.69 Å². The maximum atomic E-state index is 12.8. The summed E-state index contributed by atoms with van der Waals surface area (Å²) in [5.41, 5.74) is 1.32. The molecule has 28 heavy (non-hydrogen) atoms. The average molecular weight is 375 g/mol. The molecule has 0 radical (unpaired) electrons. The van der Waals surface area contributed by atoms with Crippen LogP contribution in [-0.4, -0.2) is 35.7 Å². The summed E-state index contributed by atoms with van der Waals surface area (Å²) < 4.78 is 2.82. The Kier molecular flexibility index (Phi) is 4.63. The summed E-state index contributed by atoms with van der Waals surface area (Å²) in [7, 11) is 1.69. The number of fused-ring (bicyclic) bond motifs is 1. The van der Waals surface area contributed by atoms with Crippen LogP contribution in [0.2, 0.25) is 0 Å². The molecule has 3 aromatic heterocycles. The number of hydrogen-bond acceptors (Lipinski definition) is 6. The molecule has 3 heterocycles. The van der Waals surface area contributed by atoms with Crippen molar-refractivity contribution in [1.29, 1.82) is 0 Å². The molecule has 0 saturated carbocycles. The van der Waals surface area contributed by atoms with Gasteiger partial charge in [-0.3, -0.25) is 19.3 Å². The van der Waals surface area contributed by atoms with Crippen LogP contribution in [0.25, 0.3) is 10.8 Å². The molecule has 0 fully saturated rings. The number of aryl methyl sites for hydroxylation is 1. The van der Waals surface area contributed by atoms with Crippen molar-refractivity contribution in [1.82, 2.24) is 35.1 Å². The summed E-state index contributed by atoms with van der Waals surface area (Å²) in [4.78, 5) is 29.3. The number of rotatable bonds is 5. The van der Waals surface area contributed by atoms with E-state index in [0.29, 0.717) is 16.5 Å². The van der Waals surface area contributed by atoms with Crippen LogP contribution in [0.3, 0.4) is 0 Å². The number of carbonyl (C=O) groups excluding carboxylic acids is 1. The molecule has 1 aromatic carbocycles. The van der Waals surface area contributed by atoms with E-state index >= 15 is 0 Å².